The summed E-state index contributed by atoms with van der Waals surface area (Å²) in [5.74, 6) is 0.537. The van der Waals surface area contributed by atoms with E-state index in [1.54, 1.807) is 24.2 Å². The minimum atomic E-state index is -0.0729. The Labute approximate surface area is 155 Å². The van der Waals surface area contributed by atoms with Crippen LogP contribution in [-0.2, 0) is 19.5 Å². The Morgan fingerprint density at radius 3 is 2.69 bits per heavy atom. The highest BCUT2D eigenvalue weighted by Crippen LogP contribution is 2.20. The molecule has 132 valence electrons. The minimum absolute atomic E-state index is 0.0729. The van der Waals surface area contributed by atoms with Crippen LogP contribution < -0.4 is 5.56 Å². The Morgan fingerprint density at radius 1 is 1.19 bits per heavy atom. The van der Waals surface area contributed by atoms with E-state index in [4.69, 9.17) is 0 Å². The highest BCUT2D eigenvalue weighted by Gasteiger charge is 2.21. The Kier molecular flexibility index (Phi) is 4.81. The third kappa shape index (κ3) is 3.54. The second-order valence-electron chi connectivity index (χ2n) is 6.28. The molecule has 3 heterocycles. The van der Waals surface area contributed by atoms with E-state index in [0.29, 0.717) is 12.4 Å². The first kappa shape index (κ1) is 16.9. The number of fused-ring (bicyclic) bond motifs is 1. The lowest BCUT2D eigenvalue weighted by molar-refractivity contribution is 0.242. The van der Waals surface area contributed by atoms with Crippen LogP contribution in [0.1, 0.15) is 16.8 Å². The molecule has 4 rings (SSSR count). The van der Waals surface area contributed by atoms with Gasteiger partial charge < -0.3 is 4.98 Å². The smallest absolute Gasteiger partial charge is 0.255 e. The third-order valence-corrected chi connectivity index (χ3v) is 5.29. The quantitative estimate of drug-likeness (QED) is 0.716. The molecule has 0 bridgehead atoms. The molecule has 6 nitrogen and oxygen atoms in total. The Bertz CT molecular complexity index is 956. The van der Waals surface area contributed by atoms with Crippen LogP contribution in [0.2, 0.25) is 0 Å². The van der Waals surface area contributed by atoms with E-state index in [0.717, 1.165) is 36.3 Å². The lowest BCUT2D eigenvalue weighted by Gasteiger charge is -2.27. The van der Waals surface area contributed by atoms with Crippen molar-refractivity contribution < 1.29 is 0 Å². The first-order chi connectivity index (χ1) is 12.7. The summed E-state index contributed by atoms with van der Waals surface area (Å²) in [6.07, 6.45) is 7.62. The van der Waals surface area contributed by atoms with Gasteiger partial charge in [-0.15, -0.1) is 11.8 Å². The molecule has 0 fully saturated rings. The van der Waals surface area contributed by atoms with Crippen molar-refractivity contribution in [3.8, 4) is 11.4 Å². The normalized spacial score (nSPS) is 14.2. The minimum Gasteiger partial charge on any atom is -0.306 e. The number of hydrogen-bond acceptors (Lipinski definition) is 6. The average Bonchev–Trinajstić information content (AvgIpc) is 2.69. The predicted octanol–water partition coefficient (Wildman–Crippen LogP) is 2.51. The monoisotopic (exact) mass is 365 g/mol. The molecule has 0 saturated heterocycles. The molecule has 1 aliphatic heterocycles. The zero-order valence-electron chi connectivity index (χ0n) is 14.5. The van der Waals surface area contributed by atoms with E-state index in [9.17, 15) is 4.79 Å². The van der Waals surface area contributed by atoms with E-state index in [1.165, 1.54) is 16.8 Å². The molecule has 7 heteroatoms. The van der Waals surface area contributed by atoms with Gasteiger partial charge in [-0.2, -0.15) is 0 Å². The first-order valence-corrected chi connectivity index (χ1v) is 9.68. The number of nitrogens with one attached hydrogen (secondary N) is 1. The largest absolute Gasteiger partial charge is 0.306 e. The highest BCUT2D eigenvalue weighted by molar-refractivity contribution is 7.98. The van der Waals surface area contributed by atoms with E-state index >= 15 is 0 Å². The number of aromatic amines is 1. The molecule has 0 amide bonds. The molecule has 0 radical (unpaired) electrons. The van der Waals surface area contributed by atoms with Gasteiger partial charge in [0, 0.05) is 43.3 Å². The van der Waals surface area contributed by atoms with Crippen LogP contribution in [0.3, 0.4) is 0 Å². The number of rotatable bonds is 4. The molecule has 0 atom stereocenters. The Balaban J connectivity index is 1.54. The van der Waals surface area contributed by atoms with Gasteiger partial charge in [0.15, 0.2) is 0 Å². The van der Waals surface area contributed by atoms with Crippen molar-refractivity contribution in [2.75, 3.05) is 12.8 Å². The van der Waals surface area contributed by atoms with Crippen LogP contribution in [0, 0.1) is 0 Å². The van der Waals surface area contributed by atoms with Crippen molar-refractivity contribution >= 4 is 11.8 Å². The number of aromatic nitrogens is 4. The van der Waals surface area contributed by atoms with Crippen LogP contribution >= 0.6 is 11.8 Å². The second-order valence-corrected chi connectivity index (χ2v) is 7.16. The van der Waals surface area contributed by atoms with Gasteiger partial charge >= 0.3 is 0 Å². The maximum atomic E-state index is 12.6. The van der Waals surface area contributed by atoms with Gasteiger partial charge in [0.1, 0.15) is 12.2 Å². The lowest BCUT2D eigenvalue weighted by atomic mass is 10.1. The van der Waals surface area contributed by atoms with Crippen LogP contribution in [0.15, 0.2) is 52.7 Å². The summed E-state index contributed by atoms with van der Waals surface area (Å²) in [5, 5.41) is 0. The number of thioether (sulfide) groups is 1. The van der Waals surface area contributed by atoms with Gasteiger partial charge in [-0.3, -0.25) is 9.69 Å². The molecule has 0 saturated carbocycles. The van der Waals surface area contributed by atoms with Crippen molar-refractivity contribution in [1.29, 1.82) is 0 Å². The number of H-pyrrole nitrogens is 1. The summed E-state index contributed by atoms with van der Waals surface area (Å²) < 4.78 is 0. The van der Waals surface area contributed by atoms with E-state index in [2.05, 4.69) is 55.4 Å². The molecule has 26 heavy (non-hydrogen) atoms. The van der Waals surface area contributed by atoms with Gasteiger partial charge in [0.05, 0.1) is 16.8 Å². The zero-order chi connectivity index (χ0) is 17.9. The van der Waals surface area contributed by atoms with Gasteiger partial charge in [-0.25, -0.2) is 15.0 Å². The maximum Gasteiger partial charge on any atom is 0.255 e. The molecule has 2 aromatic heterocycles. The van der Waals surface area contributed by atoms with Crippen LogP contribution in [-0.4, -0.2) is 37.6 Å². The van der Waals surface area contributed by atoms with Gasteiger partial charge in [0.2, 0.25) is 0 Å². The summed E-state index contributed by atoms with van der Waals surface area (Å²) in [4.78, 5) is 31.6. The fourth-order valence-corrected chi connectivity index (χ4v) is 3.57. The molecule has 1 aromatic carbocycles. The average molecular weight is 365 g/mol. The molecule has 0 spiro atoms. The van der Waals surface area contributed by atoms with Gasteiger partial charge in [-0.05, 0) is 24.0 Å². The van der Waals surface area contributed by atoms with E-state index in [1.807, 2.05) is 0 Å². The Hall–Kier alpha value is -2.51. The van der Waals surface area contributed by atoms with Crippen molar-refractivity contribution in [3.63, 3.8) is 0 Å². The number of hydrogen-bond donors (Lipinski definition) is 1. The van der Waals surface area contributed by atoms with Crippen LogP contribution in [0.5, 0.6) is 0 Å². The zero-order valence-corrected chi connectivity index (χ0v) is 15.3. The Morgan fingerprint density at radius 2 is 1.96 bits per heavy atom. The van der Waals surface area contributed by atoms with Crippen LogP contribution in [0.25, 0.3) is 11.4 Å². The van der Waals surface area contributed by atoms with E-state index in [-0.39, 0.29) is 5.56 Å². The summed E-state index contributed by atoms with van der Waals surface area (Å²) in [5.41, 5.74) is 3.55. The fraction of sp³-hybridized carbons (Fsp3) is 0.263. The topological polar surface area (TPSA) is 74.8 Å². The van der Waals surface area contributed by atoms with Crippen molar-refractivity contribution in [2.24, 2.45) is 0 Å². The number of nitrogens with zero attached hydrogens (tertiary/aromatic N) is 4. The highest BCUT2D eigenvalue weighted by atomic mass is 32.2. The van der Waals surface area contributed by atoms with Crippen molar-refractivity contribution in [2.45, 2.75) is 24.4 Å². The molecular weight excluding hydrogens is 346 g/mol. The molecule has 1 aliphatic rings. The fourth-order valence-electron chi connectivity index (χ4n) is 3.16. The molecule has 3 aromatic rings. The molecule has 1 N–H and O–H groups in total. The molecule has 0 unspecified atom stereocenters. The predicted molar refractivity (Wildman–Crippen MR) is 102 cm³/mol. The maximum absolute atomic E-state index is 12.6. The van der Waals surface area contributed by atoms with Crippen LogP contribution in [0.4, 0.5) is 0 Å². The molecule has 0 aliphatic carbocycles. The summed E-state index contributed by atoms with van der Waals surface area (Å²) in [7, 11) is 0. The first-order valence-electron chi connectivity index (χ1n) is 8.45. The SMILES string of the molecule is CSc1ccc(CN2CCc3nc(-c4cncnc4)[nH]c(=O)c3C2)cc1. The van der Waals surface area contributed by atoms with Crippen molar-refractivity contribution in [1.82, 2.24) is 24.8 Å². The van der Waals surface area contributed by atoms with Gasteiger partial charge in [0.25, 0.3) is 5.56 Å². The van der Waals surface area contributed by atoms with Crippen molar-refractivity contribution in [3.05, 3.63) is 70.2 Å². The molecular formula is C19H19N5OS. The van der Waals surface area contributed by atoms with Gasteiger partial charge in [-0.1, -0.05) is 12.1 Å². The lowest BCUT2D eigenvalue weighted by Crippen LogP contribution is -2.35. The second kappa shape index (κ2) is 7.39. The number of benzene rings is 1. The third-order valence-electron chi connectivity index (χ3n) is 4.55. The summed E-state index contributed by atoms with van der Waals surface area (Å²) in [6.45, 7) is 2.34. The standard InChI is InChI=1S/C19H19N5OS/c1-26-15-4-2-13(3-5-15)10-24-7-6-17-16(11-24)19(25)23-18(22-17)14-8-20-12-21-9-14/h2-5,8-9,12H,6-7,10-11H2,1H3,(H,22,23,25). The van der Waals surface area contributed by atoms with E-state index < -0.39 is 0 Å². The summed E-state index contributed by atoms with van der Waals surface area (Å²) in [6, 6.07) is 8.59. The summed E-state index contributed by atoms with van der Waals surface area (Å²) >= 11 is 1.74.